The molecule has 0 heterocycles. The van der Waals surface area contributed by atoms with Gasteiger partial charge in [0, 0.05) is 15.2 Å². The largest absolute Gasteiger partial charge is 0.496 e. The molecule has 2 aromatic carbocycles. The Balaban J connectivity index is 2.16. The highest BCUT2D eigenvalue weighted by Crippen LogP contribution is 2.25. The van der Waals surface area contributed by atoms with Crippen LogP contribution in [0.4, 0.5) is 5.69 Å². The van der Waals surface area contributed by atoms with Gasteiger partial charge >= 0.3 is 0 Å². The van der Waals surface area contributed by atoms with Crippen molar-refractivity contribution in [2.45, 2.75) is 13.8 Å². The molecule has 0 unspecified atom stereocenters. The third-order valence-electron chi connectivity index (χ3n) is 3.37. The maximum Gasteiger partial charge on any atom is 0.261 e. The van der Waals surface area contributed by atoms with Crippen molar-refractivity contribution in [3.05, 3.63) is 56.5 Å². The van der Waals surface area contributed by atoms with Crippen LogP contribution in [0.2, 0.25) is 5.02 Å². The number of halogens is 2. The van der Waals surface area contributed by atoms with Crippen LogP contribution in [-0.2, 0) is 0 Å². The van der Waals surface area contributed by atoms with Crippen LogP contribution < -0.4 is 15.4 Å². The second-order valence-electron chi connectivity index (χ2n) is 5.17. The van der Waals surface area contributed by atoms with Gasteiger partial charge in [0.25, 0.3) is 5.91 Å². The normalized spacial score (nSPS) is 10.2. The van der Waals surface area contributed by atoms with Gasteiger partial charge < -0.3 is 10.1 Å². The predicted octanol–water partition coefficient (Wildman–Crippen LogP) is 4.85. The fraction of sp³-hybridized carbons (Fsp3) is 0.176. The van der Waals surface area contributed by atoms with Gasteiger partial charge in [0.05, 0.1) is 12.7 Å². The van der Waals surface area contributed by atoms with Gasteiger partial charge in [-0.05, 0) is 67.5 Å². The van der Waals surface area contributed by atoms with Gasteiger partial charge in [-0.2, -0.15) is 0 Å². The van der Waals surface area contributed by atoms with Gasteiger partial charge in [-0.3, -0.25) is 10.1 Å². The standard InChI is InChI=1S/C17H16BrClN2O2S/c1-9-6-11(18)7-10(2)15(9)20-17(24)21-16(22)13-8-12(19)4-5-14(13)23-3/h4-8H,1-3H3,(H2,20,21,22,24). The van der Waals surface area contributed by atoms with E-state index in [1.165, 1.54) is 13.2 Å². The summed E-state index contributed by atoms with van der Waals surface area (Å²) in [6.45, 7) is 3.93. The first-order chi connectivity index (χ1) is 11.3. The fourth-order valence-electron chi connectivity index (χ4n) is 2.28. The number of nitrogens with one attached hydrogen (secondary N) is 2. The molecule has 0 spiro atoms. The van der Waals surface area contributed by atoms with Gasteiger partial charge in [-0.15, -0.1) is 0 Å². The van der Waals surface area contributed by atoms with E-state index in [1.54, 1.807) is 12.1 Å². The molecule has 2 N–H and O–H groups in total. The van der Waals surface area contributed by atoms with E-state index in [-0.39, 0.29) is 11.0 Å². The van der Waals surface area contributed by atoms with E-state index in [4.69, 9.17) is 28.6 Å². The lowest BCUT2D eigenvalue weighted by Crippen LogP contribution is -2.34. The first-order valence-electron chi connectivity index (χ1n) is 7.04. The van der Waals surface area contributed by atoms with Gasteiger partial charge in [0.2, 0.25) is 0 Å². The average Bonchev–Trinajstić information content (AvgIpc) is 2.50. The molecule has 126 valence electrons. The lowest BCUT2D eigenvalue weighted by Gasteiger charge is -2.15. The van der Waals surface area contributed by atoms with Crippen molar-refractivity contribution in [3.63, 3.8) is 0 Å². The summed E-state index contributed by atoms with van der Waals surface area (Å²) in [7, 11) is 1.49. The van der Waals surface area contributed by atoms with Crippen molar-refractivity contribution >= 4 is 56.5 Å². The van der Waals surface area contributed by atoms with E-state index in [1.807, 2.05) is 26.0 Å². The quantitative estimate of drug-likeness (QED) is 0.687. The Morgan fingerprint density at radius 3 is 2.42 bits per heavy atom. The Labute approximate surface area is 159 Å². The summed E-state index contributed by atoms with van der Waals surface area (Å²) >= 11 is 14.7. The van der Waals surface area contributed by atoms with Crippen molar-refractivity contribution < 1.29 is 9.53 Å². The summed E-state index contributed by atoms with van der Waals surface area (Å²) in [5.74, 6) is 0.0370. The van der Waals surface area contributed by atoms with E-state index in [2.05, 4.69) is 26.6 Å². The van der Waals surface area contributed by atoms with Crippen LogP contribution in [0.5, 0.6) is 5.75 Å². The van der Waals surface area contributed by atoms with Crippen LogP contribution in [0.3, 0.4) is 0 Å². The minimum absolute atomic E-state index is 0.204. The van der Waals surface area contributed by atoms with Crippen LogP contribution in [-0.4, -0.2) is 18.1 Å². The summed E-state index contributed by atoms with van der Waals surface area (Å²) in [5, 5.41) is 6.36. The molecule has 0 atom stereocenters. The average molecular weight is 428 g/mol. The zero-order valence-corrected chi connectivity index (χ0v) is 16.5. The Morgan fingerprint density at radius 2 is 1.83 bits per heavy atom. The molecular formula is C17H16BrClN2O2S. The van der Waals surface area contributed by atoms with Gasteiger partial charge in [0.15, 0.2) is 5.11 Å². The second-order valence-corrected chi connectivity index (χ2v) is 6.93. The Hall–Kier alpha value is -1.63. The third kappa shape index (κ3) is 4.47. The van der Waals surface area contributed by atoms with Crippen LogP contribution in [0, 0.1) is 13.8 Å². The molecule has 0 aliphatic rings. The van der Waals surface area contributed by atoms with E-state index in [9.17, 15) is 4.79 Å². The number of rotatable bonds is 3. The van der Waals surface area contributed by atoms with Crippen molar-refractivity contribution in [3.8, 4) is 5.75 Å². The molecular weight excluding hydrogens is 412 g/mol. The Morgan fingerprint density at radius 1 is 1.21 bits per heavy atom. The molecule has 2 aromatic rings. The molecule has 0 aliphatic carbocycles. The van der Waals surface area contributed by atoms with E-state index < -0.39 is 0 Å². The molecule has 0 fully saturated rings. The molecule has 0 radical (unpaired) electrons. The summed E-state index contributed by atoms with van der Waals surface area (Å²) in [4.78, 5) is 12.4. The minimum atomic E-state index is -0.390. The highest BCUT2D eigenvalue weighted by Gasteiger charge is 2.15. The van der Waals surface area contributed by atoms with Gasteiger partial charge in [-0.25, -0.2) is 0 Å². The predicted molar refractivity (Wildman–Crippen MR) is 105 cm³/mol. The van der Waals surface area contributed by atoms with Crippen LogP contribution in [0.15, 0.2) is 34.8 Å². The summed E-state index contributed by atoms with van der Waals surface area (Å²) in [6, 6.07) is 8.77. The number of methoxy groups -OCH3 is 1. The SMILES string of the molecule is COc1ccc(Cl)cc1C(=O)NC(=S)Nc1c(C)cc(Br)cc1C. The number of hydrogen-bond acceptors (Lipinski definition) is 3. The number of ether oxygens (including phenoxy) is 1. The lowest BCUT2D eigenvalue weighted by atomic mass is 10.1. The van der Waals surface area contributed by atoms with Gasteiger partial charge in [0.1, 0.15) is 5.75 Å². The molecule has 4 nitrogen and oxygen atoms in total. The number of carbonyl (C=O) groups excluding carboxylic acids is 1. The summed E-state index contributed by atoms with van der Waals surface area (Å²) in [5.41, 5.74) is 3.21. The third-order valence-corrected chi connectivity index (χ3v) is 4.27. The maximum atomic E-state index is 12.4. The molecule has 0 saturated heterocycles. The van der Waals surface area contributed by atoms with E-state index in [0.29, 0.717) is 16.3 Å². The number of anilines is 1. The maximum absolute atomic E-state index is 12.4. The molecule has 1 amide bonds. The van der Waals surface area contributed by atoms with Crippen LogP contribution in [0.25, 0.3) is 0 Å². The van der Waals surface area contributed by atoms with E-state index in [0.717, 1.165) is 21.3 Å². The summed E-state index contributed by atoms with van der Waals surface area (Å²) in [6.07, 6.45) is 0. The first-order valence-corrected chi connectivity index (χ1v) is 8.62. The van der Waals surface area contributed by atoms with Crippen molar-refractivity contribution in [1.29, 1.82) is 0 Å². The molecule has 7 heteroatoms. The Bertz CT molecular complexity index is 788. The molecule has 0 aliphatic heterocycles. The fourth-order valence-corrected chi connectivity index (χ4v) is 3.33. The smallest absolute Gasteiger partial charge is 0.261 e. The highest BCUT2D eigenvalue weighted by atomic mass is 79.9. The zero-order chi connectivity index (χ0) is 17.9. The Kier molecular flexibility index (Phi) is 6.21. The zero-order valence-electron chi connectivity index (χ0n) is 13.4. The molecule has 2 rings (SSSR count). The first kappa shape index (κ1) is 18.7. The highest BCUT2D eigenvalue weighted by molar-refractivity contribution is 9.10. The lowest BCUT2D eigenvalue weighted by molar-refractivity contribution is 0.0975. The molecule has 0 saturated carbocycles. The number of benzene rings is 2. The minimum Gasteiger partial charge on any atom is -0.496 e. The number of aryl methyl sites for hydroxylation is 2. The molecule has 0 bridgehead atoms. The van der Waals surface area contributed by atoms with Crippen molar-refractivity contribution in [1.82, 2.24) is 5.32 Å². The summed E-state index contributed by atoms with van der Waals surface area (Å²) < 4.78 is 6.17. The van der Waals surface area contributed by atoms with Crippen LogP contribution in [0.1, 0.15) is 21.5 Å². The van der Waals surface area contributed by atoms with Crippen molar-refractivity contribution in [2.24, 2.45) is 0 Å². The monoisotopic (exact) mass is 426 g/mol. The number of amides is 1. The van der Waals surface area contributed by atoms with Crippen molar-refractivity contribution in [2.75, 3.05) is 12.4 Å². The topological polar surface area (TPSA) is 50.4 Å². The number of hydrogen-bond donors (Lipinski definition) is 2. The number of thiocarbonyl (C=S) groups is 1. The van der Waals surface area contributed by atoms with Gasteiger partial charge in [-0.1, -0.05) is 27.5 Å². The molecule has 0 aromatic heterocycles. The van der Waals surface area contributed by atoms with Crippen LogP contribution >= 0.6 is 39.7 Å². The molecule has 24 heavy (non-hydrogen) atoms. The number of carbonyl (C=O) groups is 1. The second kappa shape index (κ2) is 7.96. The van der Waals surface area contributed by atoms with E-state index >= 15 is 0 Å².